The molecule has 1 aromatic carbocycles. The Morgan fingerprint density at radius 2 is 2.00 bits per heavy atom. The van der Waals surface area contributed by atoms with Crippen molar-refractivity contribution >= 4 is 35.0 Å². The Morgan fingerprint density at radius 1 is 1.26 bits per heavy atom. The van der Waals surface area contributed by atoms with Gasteiger partial charge in [0.2, 0.25) is 5.91 Å². The molecule has 4 rings (SSSR count). The van der Waals surface area contributed by atoms with Gasteiger partial charge in [0.1, 0.15) is 17.2 Å². The van der Waals surface area contributed by atoms with Gasteiger partial charge in [-0.25, -0.2) is 15.2 Å². The second kappa shape index (κ2) is 11.9. The van der Waals surface area contributed by atoms with Crippen molar-refractivity contribution in [3.05, 3.63) is 59.8 Å². The zero-order valence-electron chi connectivity index (χ0n) is 21.5. The smallest absolute Gasteiger partial charge is 0.270 e. The SMILES string of the molecule is C=C/C(F)=C1/N=C(C(=O)NCc2ccc3c(c2)NC(=O)CO3)C=C(C(=O)NCC2CCN(C(C)=O)CC2)N1N. The molecule has 5 N–H and O–H groups in total. The van der Waals surface area contributed by atoms with Crippen LogP contribution in [0.4, 0.5) is 10.1 Å². The zero-order valence-corrected chi connectivity index (χ0v) is 21.5. The first-order chi connectivity index (χ1) is 18.7. The van der Waals surface area contributed by atoms with Crippen molar-refractivity contribution < 1.29 is 28.3 Å². The molecule has 3 aliphatic rings. The lowest BCUT2D eigenvalue weighted by Crippen LogP contribution is -2.45. The predicted octanol–water partition coefficient (Wildman–Crippen LogP) is 0.847. The minimum Gasteiger partial charge on any atom is -0.482 e. The molecule has 0 saturated carbocycles. The summed E-state index contributed by atoms with van der Waals surface area (Å²) in [5.74, 6) is 3.77. The number of carbonyl (C=O) groups excluding carboxylic acids is 4. The highest BCUT2D eigenvalue weighted by Crippen LogP contribution is 2.28. The fraction of sp³-hybridized carbons (Fsp3) is 0.346. The fourth-order valence-corrected chi connectivity index (χ4v) is 4.36. The Kier molecular flexibility index (Phi) is 8.39. The van der Waals surface area contributed by atoms with E-state index in [9.17, 15) is 23.6 Å². The highest BCUT2D eigenvalue weighted by molar-refractivity contribution is 6.44. The molecule has 4 amide bonds. The van der Waals surface area contributed by atoms with E-state index < -0.39 is 23.5 Å². The largest absolute Gasteiger partial charge is 0.482 e. The lowest BCUT2D eigenvalue weighted by Gasteiger charge is -2.31. The minimum absolute atomic E-state index is 0.0182. The maximum Gasteiger partial charge on any atom is 0.270 e. The van der Waals surface area contributed by atoms with Gasteiger partial charge in [0.05, 0.1) is 5.69 Å². The van der Waals surface area contributed by atoms with Crippen molar-refractivity contribution in [1.82, 2.24) is 20.5 Å². The van der Waals surface area contributed by atoms with Gasteiger partial charge in [-0.05, 0) is 42.5 Å². The molecule has 206 valence electrons. The number of anilines is 1. The van der Waals surface area contributed by atoms with E-state index in [0.29, 0.717) is 36.6 Å². The lowest BCUT2D eigenvalue weighted by atomic mass is 9.96. The van der Waals surface area contributed by atoms with Crippen molar-refractivity contribution in [2.75, 3.05) is 31.6 Å². The topological polar surface area (TPSA) is 158 Å². The highest BCUT2D eigenvalue weighted by atomic mass is 19.1. The molecule has 0 bridgehead atoms. The molecule has 0 spiro atoms. The molecule has 0 unspecified atom stereocenters. The van der Waals surface area contributed by atoms with Crippen LogP contribution in [0.5, 0.6) is 5.75 Å². The van der Waals surface area contributed by atoms with Crippen LogP contribution in [0.3, 0.4) is 0 Å². The molecule has 3 aliphatic heterocycles. The highest BCUT2D eigenvalue weighted by Gasteiger charge is 2.29. The number of hydrogen-bond donors (Lipinski definition) is 4. The second-order valence-corrected chi connectivity index (χ2v) is 9.28. The van der Waals surface area contributed by atoms with Gasteiger partial charge in [-0.15, -0.1) is 0 Å². The minimum atomic E-state index is -0.914. The quantitative estimate of drug-likeness (QED) is 0.374. The van der Waals surface area contributed by atoms with Crippen LogP contribution < -0.4 is 26.5 Å². The third-order valence-corrected chi connectivity index (χ3v) is 6.59. The first-order valence-corrected chi connectivity index (χ1v) is 12.4. The number of allylic oxidation sites excluding steroid dienone is 2. The number of fused-ring (bicyclic) bond motifs is 1. The molecule has 0 radical (unpaired) electrons. The molecule has 0 aliphatic carbocycles. The van der Waals surface area contributed by atoms with E-state index in [0.717, 1.165) is 23.9 Å². The van der Waals surface area contributed by atoms with E-state index in [2.05, 4.69) is 27.5 Å². The summed E-state index contributed by atoms with van der Waals surface area (Å²) in [7, 11) is 0. The summed E-state index contributed by atoms with van der Waals surface area (Å²) < 4.78 is 19.9. The van der Waals surface area contributed by atoms with Crippen molar-refractivity contribution in [2.24, 2.45) is 16.8 Å². The number of hydrazine groups is 1. The maximum atomic E-state index is 14.5. The first kappa shape index (κ1) is 27.5. The van der Waals surface area contributed by atoms with Crippen LogP contribution in [0.1, 0.15) is 25.3 Å². The van der Waals surface area contributed by atoms with E-state index in [-0.39, 0.29) is 42.3 Å². The molecule has 0 atom stereocenters. The van der Waals surface area contributed by atoms with Crippen molar-refractivity contribution in [2.45, 2.75) is 26.3 Å². The number of hydrogen-bond acceptors (Lipinski definition) is 8. The van der Waals surface area contributed by atoms with Crippen LogP contribution in [0.2, 0.25) is 0 Å². The van der Waals surface area contributed by atoms with Crippen LogP contribution in [0.25, 0.3) is 0 Å². The molecule has 1 aromatic rings. The molecule has 3 heterocycles. The van der Waals surface area contributed by atoms with Crippen LogP contribution >= 0.6 is 0 Å². The summed E-state index contributed by atoms with van der Waals surface area (Å²) >= 11 is 0. The number of nitrogens with two attached hydrogens (primary N) is 1. The van der Waals surface area contributed by atoms with E-state index >= 15 is 0 Å². The average Bonchev–Trinajstić information content (AvgIpc) is 2.94. The van der Waals surface area contributed by atoms with Gasteiger partial charge in [-0.3, -0.25) is 24.2 Å². The van der Waals surface area contributed by atoms with E-state index in [1.54, 1.807) is 23.1 Å². The van der Waals surface area contributed by atoms with Gasteiger partial charge in [0.25, 0.3) is 17.7 Å². The molecule has 0 aromatic heterocycles. The summed E-state index contributed by atoms with van der Waals surface area (Å²) in [4.78, 5) is 54.8. The number of halogens is 1. The molecule has 1 fully saturated rings. The van der Waals surface area contributed by atoms with Crippen molar-refractivity contribution in [1.29, 1.82) is 0 Å². The number of ether oxygens (including phenoxy) is 1. The third-order valence-electron chi connectivity index (χ3n) is 6.59. The molecular formula is C26H30FN7O5. The Balaban J connectivity index is 1.44. The maximum absolute atomic E-state index is 14.5. The zero-order chi connectivity index (χ0) is 28.1. The number of nitrogens with zero attached hydrogens (tertiary/aromatic N) is 3. The molecule has 1 saturated heterocycles. The van der Waals surface area contributed by atoms with Crippen LogP contribution in [-0.2, 0) is 25.7 Å². The Labute approximate surface area is 224 Å². The van der Waals surface area contributed by atoms with Crippen LogP contribution in [-0.4, -0.2) is 65.5 Å². The fourth-order valence-electron chi connectivity index (χ4n) is 4.36. The number of piperidine rings is 1. The van der Waals surface area contributed by atoms with Gasteiger partial charge in [-0.2, -0.15) is 0 Å². The Hall–Kier alpha value is -4.52. The summed E-state index contributed by atoms with van der Waals surface area (Å²) in [6.07, 6.45) is 3.52. The number of likely N-dealkylation sites (tertiary alicyclic amines) is 1. The standard InChI is InChI=1S/C26H30FN7O5/c1-3-18(27)24-32-20(25(37)29-13-17-4-5-22-19(10-17)31-23(36)14-39-22)11-21(34(24)28)26(38)30-12-16-6-8-33(9-7-16)15(2)35/h3-5,10-11,16H,1,6-9,12-14,28H2,2H3,(H,29,37)(H,30,38)(H,31,36)/b24-18+. The number of amides is 4. The van der Waals surface area contributed by atoms with Gasteiger partial charge in [0.15, 0.2) is 18.3 Å². The summed E-state index contributed by atoms with van der Waals surface area (Å²) in [5.41, 5.74) is 0.751. The van der Waals surface area contributed by atoms with E-state index in [1.807, 2.05) is 0 Å². The number of aliphatic imine (C=N–C) groups is 1. The molecular weight excluding hydrogens is 509 g/mol. The molecule has 39 heavy (non-hydrogen) atoms. The van der Waals surface area contributed by atoms with E-state index in [1.165, 1.54) is 13.0 Å². The van der Waals surface area contributed by atoms with Gasteiger partial charge in [0, 0.05) is 39.2 Å². The normalized spacial score (nSPS) is 18.6. The third kappa shape index (κ3) is 6.49. The molecule has 13 heteroatoms. The van der Waals surface area contributed by atoms with Crippen molar-refractivity contribution in [3.8, 4) is 5.75 Å². The lowest BCUT2D eigenvalue weighted by molar-refractivity contribution is -0.130. The average molecular weight is 540 g/mol. The summed E-state index contributed by atoms with van der Waals surface area (Å²) in [6.45, 7) is 6.44. The molecule has 12 nitrogen and oxygen atoms in total. The summed E-state index contributed by atoms with van der Waals surface area (Å²) in [5, 5.41) is 8.93. The van der Waals surface area contributed by atoms with Gasteiger partial charge < -0.3 is 25.6 Å². The monoisotopic (exact) mass is 539 g/mol. The van der Waals surface area contributed by atoms with Gasteiger partial charge in [-0.1, -0.05) is 12.6 Å². The second-order valence-electron chi connectivity index (χ2n) is 9.28. The Morgan fingerprint density at radius 3 is 2.69 bits per heavy atom. The van der Waals surface area contributed by atoms with Crippen molar-refractivity contribution in [3.63, 3.8) is 0 Å². The number of rotatable bonds is 7. The van der Waals surface area contributed by atoms with E-state index in [4.69, 9.17) is 10.6 Å². The van der Waals surface area contributed by atoms with Gasteiger partial charge >= 0.3 is 0 Å². The number of carbonyl (C=O) groups is 4. The predicted molar refractivity (Wildman–Crippen MR) is 140 cm³/mol. The Bertz CT molecular complexity index is 1300. The van der Waals surface area contributed by atoms with Crippen LogP contribution in [0.15, 0.2) is 59.3 Å². The first-order valence-electron chi connectivity index (χ1n) is 12.4. The van der Waals surface area contributed by atoms with Crippen LogP contribution in [0, 0.1) is 5.92 Å². The summed E-state index contributed by atoms with van der Waals surface area (Å²) in [6, 6.07) is 5.06. The number of benzene rings is 1. The number of nitrogens with one attached hydrogen (secondary N) is 3.